The molecule has 2 aliphatic rings. The second-order valence-electron chi connectivity index (χ2n) is 7.87. The van der Waals surface area contributed by atoms with E-state index in [1.165, 1.54) is 38.6 Å². The van der Waals surface area contributed by atoms with Crippen LogP contribution in [0.4, 0.5) is 5.82 Å². The molecule has 0 amide bonds. The number of hydrogen-bond acceptors (Lipinski definition) is 5. The van der Waals surface area contributed by atoms with Crippen molar-refractivity contribution in [1.29, 1.82) is 0 Å². The van der Waals surface area contributed by atoms with Crippen LogP contribution in [0.15, 0.2) is 18.5 Å². The molecule has 0 bridgehead atoms. The Bertz CT molecular complexity index is 726. The average molecular weight is 355 g/mol. The quantitative estimate of drug-likeness (QED) is 0.845. The highest BCUT2D eigenvalue weighted by Gasteiger charge is 2.22. The zero-order valence-corrected chi connectivity index (χ0v) is 16.1. The summed E-state index contributed by atoms with van der Waals surface area (Å²) in [6.45, 7) is 9.71. The van der Waals surface area contributed by atoms with Crippen LogP contribution in [0.5, 0.6) is 0 Å². The maximum atomic E-state index is 4.54. The molecule has 140 valence electrons. The van der Waals surface area contributed by atoms with Gasteiger partial charge in [-0.1, -0.05) is 19.3 Å². The molecule has 3 heterocycles. The lowest BCUT2D eigenvalue weighted by molar-refractivity contribution is 0.191. The van der Waals surface area contributed by atoms with Gasteiger partial charge in [0.15, 0.2) is 5.82 Å². The first-order valence-electron chi connectivity index (χ1n) is 10.0. The van der Waals surface area contributed by atoms with Crippen LogP contribution in [0, 0.1) is 19.8 Å². The zero-order chi connectivity index (χ0) is 17.9. The highest BCUT2D eigenvalue weighted by Crippen LogP contribution is 2.25. The molecule has 0 aromatic carbocycles. The predicted octanol–water partition coefficient (Wildman–Crippen LogP) is 2.98. The number of aromatic nitrogens is 4. The van der Waals surface area contributed by atoms with Gasteiger partial charge in [0.25, 0.3) is 0 Å². The Morgan fingerprint density at radius 1 is 0.923 bits per heavy atom. The molecule has 4 rings (SSSR count). The van der Waals surface area contributed by atoms with Gasteiger partial charge in [-0.3, -0.25) is 4.90 Å². The second-order valence-corrected chi connectivity index (χ2v) is 7.87. The van der Waals surface area contributed by atoms with Gasteiger partial charge in [0.1, 0.15) is 12.1 Å². The Hall–Kier alpha value is -1.95. The van der Waals surface area contributed by atoms with E-state index in [0.29, 0.717) is 0 Å². The molecule has 2 aromatic heterocycles. The van der Waals surface area contributed by atoms with E-state index in [4.69, 9.17) is 0 Å². The number of nitrogens with zero attached hydrogens (tertiary/aromatic N) is 6. The molecule has 1 saturated heterocycles. The Morgan fingerprint density at radius 3 is 2.35 bits per heavy atom. The van der Waals surface area contributed by atoms with Gasteiger partial charge < -0.3 is 4.90 Å². The van der Waals surface area contributed by atoms with Crippen molar-refractivity contribution < 1.29 is 0 Å². The first-order valence-corrected chi connectivity index (χ1v) is 10.0. The smallest absolute Gasteiger partial charge is 0.159 e. The SMILES string of the molecule is Cc1cc(C)n(-c2cc(N3CCN(CC4CCCCC4)CC3)ncn2)n1. The molecular weight excluding hydrogens is 324 g/mol. The molecule has 0 radical (unpaired) electrons. The van der Waals surface area contributed by atoms with E-state index >= 15 is 0 Å². The molecule has 1 aliphatic carbocycles. The zero-order valence-electron chi connectivity index (χ0n) is 16.1. The lowest BCUT2D eigenvalue weighted by atomic mass is 9.89. The number of rotatable bonds is 4. The van der Waals surface area contributed by atoms with E-state index in [9.17, 15) is 0 Å². The molecule has 2 fully saturated rings. The highest BCUT2D eigenvalue weighted by molar-refractivity contribution is 5.44. The van der Waals surface area contributed by atoms with Crippen LogP contribution < -0.4 is 4.90 Å². The van der Waals surface area contributed by atoms with Gasteiger partial charge in [-0.15, -0.1) is 0 Å². The van der Waals surface area contributed by atoms with Gasteiger partial charge in [-0.2, -0.15) is 5.10 Å². The number of aryl methyl sites for hydroxylation is 2. The van der Waals surface area contributed by atoms with Crippen LogP contribution in [-0.4, -0.2) is 57.4 Å². The Morgan fingerprint density at radius 2 is 1.65 bits per heavy atom. The lowest BCUT2D eigenvalue weighted by Crippen LogP contribution is -2.48. The third-order valence-electron chi connectivity index (χ3n) is 5.80. The summed E-state index contributed by atoms with van der Waals surface area (Å²) in [5.41, 5.74) is 2.11. The summed E-state index contributed by atoms with van der Waals surface area (Å²) in [4.78, 5) is 14.0. The van der Waals surface area contributed by atoms with Crippen molar-refractivity contribution in [3.8, 4) is 5.82 Å². The highest BCUT2D eigenvalue weighted by atomic mass is 15.3. The van der Waals surface area contributed by atoms with Crippen LogP contribution in [0.1, 0.15) is 43.5 Å². The summed E-state index contributed by atoms with van der Waals surface area (Å²) in [6, 6.07) is 4.14. The first kappa shape index (κ1) is 17.5. The summed E-state index contributed by atoms with van der Waals surface area (Å²) in [5, 5.41) is 4.54. The van der Waals surface area contributed by atoms with Crippen molar-refractivity contribution in [2.24, 2.45) is 5.92 Å². The van der Waals surface area contributed by atoms with Crippen molar-refractivity contribution in [2.45, 2.75) is 46.0 Å². The molecule has 0 unspecified atom stereocenters. The molecular formula is C20H30N6. The third-order valence-corrected chi connectivity index (χ3v) is 5.80. The minimum Gasteiger partial charge on any atom is -0.354 e. The summed E-state index contributed by atoms with van der Waals surface area (Å²) >= 11 is 0. The molecule has 2 aromatic rings. The summed E-state index contributed by atoms with van der Waals surface area (Å²) < 4.78 is 1.90. The Kier molecular flexibility index (Phi) is 5.20. The number of hydrogen-bond donors (Lipinski definition) is 0. The summed E-state index contributed by atoms with van der Waals surface area (Å²) in [6.07, 6.45) is 8.82. The minimum absolute atomic E-state index is 0.852. The van der Waals surface area contributed by atoms with Crippen molar-refractivity contribution in [3.05, 3.63) is 29.8 Å². The first-order chi connectivity index (χ1) is 12.7. The van der Waals surface area contributed by atoms with Gasteiger partial charge in [-0.25, -0.2) is 14.6 Å². The standard InChI is InChI=1S/C20H30N6/c1-16-12-17(2)26(23-16)20-13-19(21-15-22-20)25-10-8-24(9-11-25)14-18-6-4-3-5-7-18/h12-13,15,18H,3-11,14H2,1-2H3. The van der Waals surface area contributed by atoms with E-state index in [1.54, 1.807) is 6.33 Å². The average Bonchev–Trinajstić information content (AvgIpc) is 3.01. The fourth-order valence-electron chi connectivity index (χ4n) is 4.38. The number of anilines is 1. The lowest BCUT2D eigenvalue weighted by Gasteiger charge is -2.37. The Labute approximate surface area is 156 Å². The minimum atomic E-state index is 0.852. The van der Waals surface area contributed by atoms with E-state index in [1.807, 2.05) is 11.6 Å². The fraction of sp³-hybridized carbons (Fsp3) is 0.650. The van der Waals surface area contributed by atoms with Crippen molar-refractivity contribution in [3.63, 3.8) is 0 Å². The maximum absolute atomic E-state index is 4.54. The predicted molar refractivity (Wildman–Crippen MR) is 104 cm³/mol. The molecule has 1 aliphatic heterocycles. The van der Waals surface area contributed by atoms with Gasteiger partial charge in [0.2, 0.25) is 0 Å². The van der Waals surface area contributed by atoms with Crippen LogP contribution in [0.25, 0.3) is 5.82 Å². The molecule has 6 heteroatoms. The van der Waals surface area contributed by atoms with Gasteiger partial charge in [0, 0.05) is 44.5 Å². The monoisotopic (exact) mass is 354 g/mol. The third kappa shape index (κ3) is 3.90. The van der Waals surface area contributed by atoms with Crippen LogP contribution in [-0.2, 0) is 0 Å². The maximum Gasteiger partial charge on any atom is 0.159 e. The second kappa shape index (κ2) is 7.74. The summed E-state index contributed by atoms with van der Waals surface area (Å²) in [7, 11) is 0. The van der Waals surface area contributed by atoms with Gasteiger partial charge in [0.05, 0.1) is 5.69 Å². The van der Waals surface area contributed by atoms with Crippen molar-refractivity contribution >= 4 is 5.82 Å². The van der Waals surface area contributed by atoms with E-state index in [0.717, 1.165) is 55.1 Å². The van der Waals surface area contributed by atoms with Crippen molar-refractivity contribution in [1.82, 2.24) is 24.6 Å². The topological polar surface area (TPSA) is 50.1 Å². The van der Waals surface area contributed by atoms with E-state index < -0.39 is 0 Å². The Balaban J connectivity index is 1.38. The van der Waals surface area contributed by atoms with Gasteiger partial charge >= 0.3 is 0 Å². The van der Waals surface area contributed by atoms with Crippen LogP contribution >= 0.6 is 0 Å². The van der Waals surface area contributed by atoms with Crippen molar-refractivity contribution in [2.75, 3.05) is 37.6 Å². The molecule has 1 saturated carbocycles. The molecule has 0 atom stereocenters. The largest absolute Gasteiger partial charge is 0.354 e. The van der Waals surface area contributed by atoms with Crippen LogP contribution in [0.2, 0.25) is 0 Å². The fourth-order valence-corrected chi connectivity index (χ4v) is 4.38. The summed E-state index contributed by atoms with van der Waals surface area (Å²) in [5.74, 6) is 2.79. The van der Waals surface area contributed by atoms with Crippen LogP contribution in [0.3, 0.4) is 0 Å². The van der Waals surface area contributed by atoms with E-state index in [-0.39, 0.29) is 0 Å². The van der Waals surface area contributed by atoms with Gasteiger partial charge in [-0.05, 0) is 38.7 Å². The molecule has 6 nitrogen and oxygen atoms in total. The number of piperazine rings is 1. The molecule has 0 N–H and O–H groups in total. The normalized spacial score (nSPS) is 19.8. The van der Waals surface area contributed by atoms with E-state index in [2.05, 4.69) is 43.9 Å². The molecule has 26 heavy (non-hydrogen) atoms. The molecule has 0 spiro atoms.